The fraction of sp³-hybridized carbons (Fsp3) is 1.00. The molecule has 0 amide bonds. The second-order valence-corrected chi connectivity index (χ2v) is 5.86. The van der Waals surface area contributed by atoms with Crippen LogP contribution in [0.3, 0.4) is 0 Å². The summed E-state index contributed by atoms with van der Waals surface area (Å²) in [6, 6.07) is 0. The van der Waals surface area contributed by atoms with Crippen LogP contribution in [0.4, 0.5) is 0 Å². The number of hydrogen-bond acceptors (Lipinski definition) is 2. The Balaban J connectivity index is 2.44. The number of hydrogen-bond donors (Lipinski definition) is 1. The molecule has 1 saturated carbocycles. The summed E-state index contributed by atoms with van der Waals surface area (Å²) in [5, 5.41) is 10.3. The van der Waals surface area contributed by atoms with Crippen molar-refractivity contribution in [2.45, 2.75) is 77.9 Å². The maximum absolute atomic E-state index is 10.3. The molecule has 0 spiro atoms. The predicted octanol–water partition coefficient (Wildman–Crippen LogP) is 3.77. The van der Waals surface area contributed by atoms with Gasteiger partial charge in [0.2, 0.25) is 0 Å². The van der Waals surface area contributed by atoms with Crippen LogP contribution in [-0.4, -0.2) is 23.9 Å². The van der Waals surface area contributed by atoms with Gasteiger partial charge in [0.15, 0.2) is 0 Å². The molecular formula is C15H30O2. The van der Waals surface area contributed by atoms with E-state index in [1.165, 1.54) is 32.1 Å². The van der Waals surface area contributed by atoms with Gasteiger partial charge in [-0.25, -0.2) is 0 Å². The van der Waals surface area contributed by atoms with Crippen LogP contribution in [0.2, 0.25) is 0 Å². The van der Waals surface area contributed by atoms with E-state index in [1.54, 1.807) is 0 Å². The van der Waals surface area contributed by atoms with E-state index in [9.17, 15) is 5.11 Å². The monoisotopic (exact) mass is 242 g/mol. The zero-order valence-electron chi connectivity index (χ0n) is 11.8. The highest BCUT2D eigenvalue weighted by molar-refractivity contribution is 4.80. The Hall–Kier alpha value is -0.0800. The first-order valence-corrected chi connectivity index (χ1v) is 7.44. The third-order valence-corrected chi connectivity index (χ3v) is 3.89. The fourth-order valence-electron chi connectivity index (χ4n) is 2.88. The number of aliphatic hydroxyl groups is 1. The van der Waals surface area contributed by atoms with Gasteiger partial charge in [0.1, 0.15) is 0 Å². The molecule has 17 heavy (non-hydrogen) atoms. The molecule has 0 aliphatic heterocycles. The smallest absolute Gasteiger partial charge is 0.0861 e. The highest BCUT2D eigenvalue weighted by Crippen LogP contribution is 2.30. The maximum Gasteiger partial charge on any atom is 0.0861 e. The van der Waals surface area contributed by atoms with Crippen LogP contribution in [0.15, 0.2) is 0 Å². The van der Waals surface area contributed by atoms with Gasteiger partial charge in [0.05, 0.1) is 12.2 Å². The van der Waals surface area contributed by atoms with Crippen LogP contribution >= 0.6 is 0 Å². The van der Waals surface area contributed by atoms with Gasteiger partial charge in [-0.2, -0.15) is 0 Å². The average molecular weight is 242 g/mol. The average Bonchev–Trinajstić information content (AvgIpc) is 2.34. The Morgan fingerprint density at radius 2 is 1.76 bits per heavy atom. The molecule has 2 unspecified atom stereocenters. The molecule has 0 saturated heterocycles. The molecule has 2 nitrogen and oxygen atoms in total. The minimum absolute atomic E-state index is 0.0825. The van der Waals surface area contributed by atoms with Gasteiger partial charge in [-0.3, -0.25) is 0 Å². The van der Waals surface area contributed by atoms with Crippen LogP contribution in [0.1, 0.15) is 65.7 Å². The van der Waals surface area contributed by atoms with Gasteiger partial charge in [0, 0.05) is 6.61 Å². The quantitative estimate of drug-likeness (QED) is 0.736. The van der Waals surface area contributed by atoms with E-state index in [4.69, 9.17) is 4.74 Å². The van der Waals surface area contributed by atoms with E-state index in [0.29, 0.717) is 11.8 Å². The van der Waals surface area contributed by atoms with E-state index in [0.717, 1.165) is 19.4 Å². The molecule has 0 aromatic rings. The van der Waals surface area contributed by atoms with Crippen LogP contribution in [-0.2, 0) is 4.74 Å². The normalized spacial score (nSPS) is 21.7. The first-order valence-electron chi connectivity index (χ1n) is 7.44. The summed E-state index contributed by atoms with van der Waals surface area (Å²) in [4.78, 5) is 0. The summed E-state index contributed by atoms with van der Waals surface area (Å²) in [7, 11) is 0. The summed E-state index contributed by atoms with van der Waals surface area (Å²) in [5.41, 5.74) is 0. The van der Waals surface area contributed by atoms with Crippen LogP contribution in [0.25, 0.3) is 0 Å². The highest BCUT2D eigenvalue weighted by atomic mass is 16.5. The minimum atomic E-state index is -0.263. The largest absolute Gasteiger partial charge is 0.390 e. The van der Waals surface area contributed by atoms with E-state index in [2.05, 4.69) is 13.8 Å². The third kappa shape index (κ3) is 5.39. The van der Waals surface area contributed by atoms with Gasteiger partial charge < -0.3 is 9.84 Å². The van der Waals surface area contributed by atoms with Crippen LogP contribution in [0, 0.1) is 11.8 Å². The standard InChI is InChI=1S/C15H30O2/c1-4-17-15(13-8-6-5-7-9-13)14(16)11-10-12(2)3/h12-16H,4-11H2,1-3H3. The topological polar surface area (TPSA) is 29.5 Å². The van der Waals surface area contributed by atoms with Crippen molar-refractivity contribution in [1.29, 1.82) is 0 Å². The van der Waals surface area contributed by atoms with Crippen molar-refractivity contribution in [2.24, 2.45) is 11.8 Å². The predicted molar refractivity (Wildman–Crippen MR) is 72.1 cm³/mol. The molecule has 0 bridgehead atoms. The Morgan fingerprint density at radius 1 is 1.12 bits per heavy atom. The fourth-order valence-corrected chi connectivity index (χ4v) is 2.88. The van der Waals surface area contributed by atoms with E-state index in [1.807, 2.05) is 6.92 Å². The molecule has 0 heterocycles. The SMILES string of the molecule is CCOC(C(O)CCC(C)C)C1CCCCC1. The molecule has 1 aliphatic rings. The second kappa shape index (κ2) is 8.10. The lowest BCUT2D eigenvalue weighted by Crippen LogP contribution is -2.37. The number of aliphatic hydroxyl groups excluding tert-OH is 1. The van der Waals surface area contributed by atoms with E-state index >= 15 is 0 Å². The Morgan fingerprint density at radius 3 is 2.29 bits per heavy atom. The van der Waals surface area contributed by atoms with Crippen molar-refractivity contribution in [2.75, 3.05) is 6.61 Å². The summed E-state index contributed by atoms with van der Waals surface area (Å²) in [5.74, 6) is 1.25. The molecule has 1 fully saturated rings. The molecule has 102 valence electrons. The van der Waals surface area contributed by atoms with Crippen molar-refractivity contribution in [3.05, 3.63) is 0 Å². The van der Waals surface area contributed by atoms with Crippen molar-refractivity contribution in [1.82, 2.24) is 0 Å². The van der Waals surface area contributed by atoms with Crippen molar-refractivity contribution in [3.63, 3.8) is 0 Å². The first-order chi connectivity index (χ1) is 8.15. The summed E-state index contributed by atoms with van der Waals surface area (Å²) < 4.78 is 5.83. The minimum Gasteiger partial charge on any atom is -0.390 e. The molecule has 2 heteroatoms. The summed E-state index contributed by atoms with van der Waals surface area (Å²) in [6.45, 7) is 7.18. The van der Waals surface area contributed by atoms with Gasteiger partial charge in [-0.05, 0) is 44.4 Å². The Kier molecular flexibility index (Phi) is 7.14. The van der Waals surface area contributed by atoms with Gasteiger partial charge in [-0.1, -0.05) is 33.1 Å². The van der Waals surface area contributed by atoms with Crippen LogP contribution in [0.5, 0.6) is 0 Å². The Bertz CT molecular complexity index is 185. The molecule has 1 rings (SSSR count). The van der Waals surface area contributed by atoms with E-state index in [-0.39, 0.29) is 12.2 Å². The molecule has 0 aromatic heterocycles. The van der Waals surface area contributed by atoms with Crippen molar-refractivity contribution < 1.29 is 9.84 Å². The summed E-state index contributed by atoms with van der Waals surface area (Å²) >= 11 is 0. The third-order valence-electron chi connectivity index (χ3n) is 3.89. The van der Waals surface area contributed by atoms with E-state index < -0.39 is 0 Å². The second-order valence-electron chi connectivity index (χ2n) is 5.86. The lowest BCUT2D eigenvalue weighted by atomic mass is 9.82. The summed E-state index contributed by atoms with van der Waals surface area (Å²) in [6.07, 6.45) is 8.26. The Labute approximate surface area is 107 Å². The molecule has 1 aliphatic carbocycles. The van der Waals surface area contributed by atoms with Gasteiger partial charge >= 0.3 is 0 Å². The zero-order valence-corrected chi connectivity index (χ0v) is 11.8. The molecule has 2 atom stereocenters. The maximum atomic E-state index is 10.3. The first kappa shape index (κ1) is 15.0. The highest BCUT2D eigenvalue weighted by Gasteiger charge is 2.29. The van der Waals surface area contributed by atoms with Crippen LogP contribution < -0.4 is 0 Å². The molecule has 0 radical (unpaired) electrons. The van der Waals surface area contributed by atoms with Gasteiger partial charge in [-0.15, -0.1) is 0 Å². The van der Waals surface area contributed by atoms with Crippen molar-refractivity contribution in [3.8, 4) is 0 Å². The number of rotatable bonds is 7. The van der Waals surface area contributed by atoms with Crippen molar-refractivity contribution >= 4 is 0 Å². The number of ether oxygens (including phenoxy) is 1. The lowest BCUT2D eigenvalue weighted by molar-refractivity contribution is -0.0759. The molecular weight excluding hydrogens is 212 g/mol. The molecule has 1 N–H and O–H groups in total. The lowest BCUT2D eigenvalue weighted by Gasteiger charge is -2.33. The molecule has 0 aromatic carbocycles. The zero-order chi connectivity index (χ0) is 12.7. The van der Waals surface area contributed by atoms with Gasteiger partial charge in [0.25, 0.3) is 0 Å².